The lowest BCUT2D eigenvalue weighted by atomic mass is 9.87. The van der Waals surface area contributed by atoms with Gasteiger partial charge in [-0.3, -0.25) is 15.1 Å². The number of nitrogens with zero attached hydrogens (tertiary/aromatic N) is 3. The van der Waals surface area contributed by atoms with E-state index in [2.05, 4.69) is 74.5 Å². The summed E-state index contributed by atoms with van der Waals surface area (Å²) in [6, 6.07) is 14.1. The van der Waals surface area contributed by atoms with E-state index in [4.69, 9.17) is 0 Å². The highest BCUT2D eigenvalue weighted by atomic mass is 16.6. The van der Waals surface area contributed by atoms with Crippen molar-refractivity contribution in [3.63, 3.8) is 0 Å². The third kappa shape index (κ3) is 4.20. The first-order valence-corrected chi connectivity index (χ1v) is 10.1. The maximum atomic E-state index is 11.3. The van der Waals surface area contributed by atoms with Crippen LogP contribution in [-0.4, -0.2) is 15.7 Å². The van der Waals surface area contributed by atoms with Gasteiger partial charge in [0.2, 0.25) is 0 Å². The Balaban J connectivity index is 1.96. The van der Waals surface area contributed by atoms with Gasteiger partial charge in [-0.25, -0.2) is 0 Å². The second-order valence-corrected chi connectivity index (χ2v) is 8.88. The fraction of sp³-hybridized carbons (Fsp3) is 0.320. The van der Waals surface area contributed by atoms with Gasteiger partial charge >= 0.3 is 0 Å². The molecule has 2 aromatic carbocycles. The summed E-state index contributed by atoms with van der Waals surface area (Å²) in [4.78, 5) is 15.5. The molecule has 30 heavy (non-hydrogen) atoms. The first kappa shape index (κ1) is 21.5. The maximum Gasteiger partial charge on any atom is 0.274 e. The van der Waals surface area contributed by atoms with E-state index in [1.54, 1.807) is 13.1 Å². The molecule has 0 saturated heterocycles. The molecule has 3 aromatic rings. The predicted octanol–water partition coefficient (Wildman–Crippen LogP) is 6.67. The Morgan fingerprint density at radius 1 is 1.00 bits per heavy atom. The van der Waals surface area contributed by atoms with Crippen molar-refractivity contribution in [1.82, 2.24) is 4.57 Å². The van der Waals surface area contributed by atoms with Gasteiger partial charge in [0, 0.05) is 40.5 Å². The highest BCUT2D eigenvalue weighted by Gasteiger charge is 2.16. The summed E-state index contributed by atoms with van der Waals surface area (Å²) in [5.41, 5.74) is 7.94. The molecule has 0 aliphatic heterocycles. The fourth-order valence-corrected chi connectivity index (χ4v) is 3.66. The average molecular weight is 404 g/mol. The number of benzene rings is 2. The summed E-state index contributed by atoms with van der Waals surface area (Å²) >= 11 is 0. The molecule has 0 radical (unpaired) electrons. The minimum absolute atomic E-state index is 0.103. The van der Waals surface area contributed by atoms with E-state index in [0.717, 1.165) is 28.2 Å². The van der Waals surface area contributed by atoms with Crippen molar-refractivity contribution in [3.05, 3.63) is 86.2 Å². The number of aromatic nitrogens is 1. The second-order valence-electron chi connectivity index (χ2n) is 8.88. The quantitative estimate of drug-likeness (QED) is 0.277. The molecule has 0 aliphatic carbocycles. The van der Waals surface area contributed by atoms with E-state index in [0.29, 0.717) is 11.3 Å². The van der Waals surface area contributed by atoms with Gasteiger partial charge in [0.15, 0.2) is 0 Å². The molecule has 3 rings (SSSR count). The van der Waals surface area contributed by atoms with E-state index in [9.17, 15) is 10.1 Å². The summed E-state index contributed by atoms with van der Waals surface area (Å²) in [7, 11) is 0. The first-order valence-electron chi connectivity index (χ1n) is 10.1. The summed E-state index contributed by atoms with van der Waals surface area (Å²) in [6.07, 6.45) is 1.79. The molecule has 0 unspecified atom stereocenters. The Hall–Kier alpha value is -3.21. The summed E-state index contributed by atoms with van der Waals surface area (Å²) in [5, 5.41) is 11.3. The van der Waals surface area contributed by atoms with Crippen LogP contribution in [0.3, 0.4) is 0 Å². The molecule has 0 spiro atoms. The zero-order valence-electron chi connectivity index (χ0n) is 18.8. The van der Waals surface area contributed by atoms with E-state index in [1.165, 1.54) is 11.6 Å². The largest absolute Gasteiger partial charge is 0.318 e. The van der Waals surface area contributed by atoms with Crippen molar-refractivity contribution in [1.29, 1.82) is 0 Å². The van der Waals surface area contributed by atoms with Gasteiger partial charge in [-0.2, -0.15) is 0 Å². The Labute approximate surface area is 178 Å². The van der Waals surface area contributed by atoms with Gasteiger partial charge in [-0.1, -0.05) is 32.9 Å². The minimum Gasteiger partial charge on any atom is -0.318 e. The molecular weight excluding hydrogens is 374 g/mol. The highest BCUT2D eigenvalue weighted by Crippen LogP contribution is 2.29. The zero-order valence-corrected chi connectivity index (χ0v) is 18.8. The van der Waals surface area contributed by atoms with E-state index in [1.807, 2.05) is 13.0 Å². The van der Waals surface area contributed by atoms with Gasteiger partial charge < -0.3 is 4.57 Å². The number of hydrogen-bond acceptors (Lipinski definition) is 3. The fourth-order valence-electron chi connectivity index (χ4n) is 3.66. The van der Waals surface area contributed by atoms with Gasteiger partial charge in [-0.15, -0.1) is 0 Å². The minimum atomic E-state index is -0.353. The van der Waals surface area contributed by atoms with Crippen LogP contribution < -0.4 is 0 Å². The zero-order chi connectivity index (χ0) is 22.2. The number of hydrogen-bond donors (Lipinski definition) is 0. The van der Waals surface area contributed by atoms with Crippen molar-refractivity contribution in [2.24, 2.45) is 4.99 Å². The van der Waals surface area contributed by atoms with Gasteiger partial charge in [0.1, 0.15) is 0 Å². The number of aliphatic imine (C=N–C) groups is 1. The molecule has 0 bridgehead atoms. The molecular formula is C25H29N3O2. The van der Waals surface area contributed by atoms with Crippen molar-refractivity contribution < 1.29 is 4.92 Å². The summed E-state index contributed by atoms with van der Waals surface area (Å²) in [5.74, 6) is 0. The van der Waals surface area contributed by atoms with E-state index < -0.39 is 0 Å². The topological polar surface area (TPSA) is 60.4 Å². The van der Waals surface area contributed by atoms with Crippen LogP contribution in [0.1, 0.15) is 54.4 Å². The van der Waals surface area contributed by atoms with Crippen molar-refractivity contribution in [2.45, 2.75) is 53.9 Å². The molecule has 1 heterocycles. The molecule has 1 aromatic heterocycles. The highest BCUT2D eigenvalue weighted by molar-refractivity contribution is 5.84. The Kier molecular flexibility index (Phi) is 5.66. The van der Waals surface area contributed by atoms with Crippen LogP contribution in [0.25, 0.3) is 5.69 Å². The molecule has 5 nitrogen and oxygen atoms in total. The van der Waals surface area contributed by atoms with Crippen molar-refractivity contribution in [3.8, 4) is 5.69 Å². The van der Waals surface area contributed by atoms with Crippen LogP contribution in [0.4, 0.5) is 11.4 Å². The third-order valence-electron chi connectivity index (χ3n) is 5.64. The van der Waals surface area contributed by atoms with E-state index in [-0.39, 0.29) is 16.0 Å². The van der Waals surface area contributed by atoms with Crippen LogP contribution >= 0.6 is 0 Å². The first-order chi connectivity index (χ1) is 14.0. The number of nitro benzene ring substituents is 1. The Morgan fingerprint density at radius 3 is 2.20 bits per heavy atom. The van der Waals surface area contributed by atoms with Crippen LogP contribution in [-0.2, 0) is 5.41 Å². The predicted molar refractivity (Wildman–Crippen MR) is 124 cm³/mol. The molecule has 0 fully saturated rings. The normalized spacial score (nSPS) is 12.0. The van der Waals surface area contributed by atoms with Gasteiger partial charge in [-0.05, 0) is 68.5 Å². The lowest BCUT2D eigenvalue weighted by Crippen LogP contribution is -2.11. The molecule has 0 saturated carbocycles. The average Bonchev–Trinajstić information content (AvgIpc) is 2.95. The van der Waals surface area contributed by atoms with Crippen LogP contribution in [0.5, 0.6) is 0 Å². The Morgan fingerprint density at radius 2 is 1.63 bits per heavy atom. The van der Waals surface area contributed by atoms with E-state index >= 15 is 0 Å². The third-order valence-corrected chi connectivity index (χ3v) is 5.64. The number of aryl methyl sites for hydroxylation is 2. The lowest BCUT2D eigenvalue weighted by Gasteiger charge is -2.20. The molecule has 0 N–H and O–H groups in total. The van der Waals surface area contributed by atoms with Crippen molar-refractivity contribution in [2.75, 3.05) is 0 Å². The summed E-state index contributed by atoms with van der Waals surface area (Å²) < 4.78 is 2.20. The van der Waals surface area contributed by atoms with Gasteiger partial charge in [0.05, 0.1) is 10.6 Å². The maximum absolute atomic E-state index is 11.3. The lowest BCUT2D eigenvalue weighted by molar-refractivity contribution is -0.385. The number of nitro groups is 1. The van der Waals surface area contributed by atoms with Crippen LogP contribution in [0.15, 0.2) is 47.5 Å². The SMILES string of the molecule is Cc1cc(N=Cc2cc(C)n(-c3ccc(C(C)(C)C)cc3)c2C)cc([N+](=O)[O-])c1C. The Bertz CT molecular complexity index is 1130. The van der Waals surface area contributed by atoms with Crippen molar-refractivity contribution >= 4 is 17.6 Å². The molecule has 0 atom stereocenters. The van der Waals surface area contributed by atoms with Crippen LogP contribution in [0.2, 0.25) is 0 Å². The standard InChI is InChI=1S/C25H29N3O2/c1-16-12-22(14-24(18(16)3)28(29)30)26-15-20-13-17(2)27(19(20)4)23-10-8-21(9-11-23)25(5,6)7/h8-15H,1-7H3. The summed E-state index contributed by atoms with van der Waals surface area (Å²) in [6.45, 7) is 14.4. The molecule has 0 aliphatic rings. The smallest absolute Gasteiger partial charge is 0.274 e. The molecule has 156 valence electrons. The van der Waals surface area contributed by atoms with Crippen LogP contribution in [0, 0.1) is 37.8 Å². The second kappa shape index (κ2) is 7.90. The number of rotatable bonds is 4. The van der Waals surface area contributed by atoms with Gasteiger partial charge in [0.25, 0.3) is 5.69 Å². The monoisotopic (exact) mass is 403 g/mol. The molecule has 5 heteroatoms. The molecule has 0 amide bonds.